The number of amides is 2. The number of nitrogens with zero attached hydrogens (tertiary/aromatic N) is 1. The number of hydrogen-bond acceptors (Lipinski definition) is 3. The molecular weight excluding hydrogens is 431 g/mol. The molecule has 0 saturated heterocycles. The van der Waals surface area contributed by atoms with Crippen LogP contribution in [0.4, 0.5) is 4.39 Å². The molecule has 0 radical (unpaired) electrons. The summed E-state index contributed by atoms with van der Waals surface area (Å²) < 4.78 is 19.0. The molecule has 5 nitrogen and oxygen atoms in total. The summed E-state index contributed by atoms with van der Waals surface area (Å²) in [5.74, 6) is -0.333. The maximum absolute atomic E-state index is 13.3. The number of carbonyl (C=O) groups is 2. The Morgan fingerprint density at radius 3 is 2.50 bits per heavy atom. The summed E-state index contributed by atoms with van der Waals surface area (Å²) in [7, 11) is 0. The highest BCUT2D eigenvalue weighted by atomic mass is 35.5. The number of ether oxygens (including phenoxy) is 1. The Morgan fingerprint density at radius 1 is 1.16 bits per heavy atom. The lowest BCUT2D eigenvalue weighted by Crippen LogP contribution is -2.51. The molecule has 172 valence electrons. The minimum absolute atomic E-state index is 0.148. The molecule has 0 bridgehead atoms. The van der Waals surface area contributed by atoms with E-state index in [4.69, 9.17) is 16.3 Å². The lowest BCUT2D eigenvalue weighted by molar-refractivity contribution is -0.142. The Balaban J connectivity index is 1.70. The van der Waals surface area contributed by atoms with Gasteiger partial charge in [-0.15, -0.1) is 0 Å². The van der Waals surface area contributed by atoms with Gasteiger partial charge in [0.05, 0.1) is 0 Å². The van der Waals surface area contributed by atoms with Gasteiger partial charge < -0.3 is 15.0 Å². The highest BCUT2D eigenvalue weighted by Gasteiger charge is 2.28. The Labute approximate surface area is 193 Å². The molecule has 1 aliphatic rings. The molecule has 7 heteroatoms. The molecule has 3 rings (SSSR count). The first kappa shape index (κ1) is 24.1. The number of aryl methyl sites for hydroxylation is 1. The minimum Gasteiger partial charge on any atom is -0.484 e. The minimum atomic E-state index is -0.690. The maximum Gasteiger partial charge on any atom is 0.261 e. The molecule has 2 aromatic carbocycles. The molecule has 0 heterocycles. The molecule has 0 unspecified atom stereocenters. The van der Waals surface area contributed by atoms with Crippen LogP contribution in [0.3, 0.4) is 0 Å². The van der Waals surface area contributed by atoms with Crippen LogP contribution in [-0.4, -0.2) is 35.4 Å². The Morgan fingerprint density at radius 2 is 1.84 bits per heavy atom. The van der Waals surface area contributed by atoms with Crippen molar-refractivity contribution in [2.75, 3.05) is 6.61 Å². The number of rotatable bonds is 8. The smallest absolute Gasteiger partial charge is 0.261 e. The summed E-state index contributed by atoms with van der Waals surface area (Å²) in [5, 5.41) is 3.71. The molecule has 1 aliphatic carbocycles. The predicted molar refractivity (Wildman–Crippen MR) is 123 cm³/mol. The monoisotopic (exact) mass is 460 g/mol. The van der Waals surface area contributed by atoms with E-state index in [1.54, 1.807) is 37.3 Å². The van der Waals surface area contributed by atoms with Gasteiger partial charge in [0.25, 0.3) is 5.91 Å². The van der Waals surface area contributed by atoms with E-state index in [2.05, 4.69) is 5.32 Å². The second-order valence-electron chi connectivity index (χ2n) is 8.37. The van der Waals surface area contributed by atoms with Gasteiger partial charge in [0, 0.05) is 17.6 Å². The van der Waals surface area contributed by atoms with Crippen LogP contribution >= 0.6 is 11.6 Å². The number of hydrogen-bond donors (Lipinski definition) is 1. The molecule has 1 N–H and O–H groups in total. The molecule has 1 saturated carbocycles. The fourth-order valence-electron chi connectivity index (χ4n) is 3.87. The third kappa shape index (κ3) is 6.70. The highest BCUT2D eigenvalue weighted by molar-refractivity contribution is 6.31. The third-order valence-corrected chi connectivity index (χ3v) is 6.30. The number of carbonyl (C=O) groups excluding carboxylic acids is 2. The second kappa shape index (κ2) is 11.3. The highest BCUT2D eigenvalue weighted by Crippen LogP contribution is 2.22. The fraction of sp³-hybridized carbons (Fsp3) is 0.440. The lowest BCUT2D eigenvalue weighted by atomic mass is 9.95. The SMILES string of the molecule is Cc1cc(OCC(=O)N(Cc2ccc(F)cc2)[C@@H](C)C(=O)NC2CCCCC2)ccc1Cl. The lowest BCUT2D eigenvalue weighted by Gasteiger charge is -2.31. The summed E-state index contributed by atoms with van der Waals surface area (Å²) in [4.78, 5) is 27.5. The van der Waals surface area contributed by atoms with E-state index in [0.717, 1.165) is 36.8 Å². The Hall–Kier alpha value is -2.60. The van der Waals surface area contributed by atoms with Crippen molar-refractivity contribution in [3.8, 4) is 5.75 Å². The third-order valence-electron chi connectivity index (χ3n) is 5.88. The Bertz CT molecular complexity index is 929. The van der Waals surface area contributed by atoms with Gasteiger partial charge in [-0.3, -0.25) is 9.59 Å². The zero-order valence-electron chi connectivity index (χ0n) is 18.6. The summed E-state index contributed by atoms with van der Waals surface area (Å²) >= 11 is 6.05. The average molecular weight is 461 g/mol. The first-order chi connectivity index (χ1) is 15.3. The van der Waals surface area contributed by atoms with E-state index in [-0.39, 0.29) is 36.8 Å². The van der Waals surface area contributed by atoms with E-state index in [0.29, 0.717) is 10.8 Å². The van der Waals surface area contributed by atoms with E-state index in [1.807, 2.05) is 6.92 Å². The van der Waals surface area contributed by atoms with Crippen LogP contribution in [0.2, 0.25) is 5.02 Å². The largest absolute Gasteiger partial charge is 0.484 e. The van der Waals surface area contributed by atoms with Crippen LogP contribution in [0.25, 0.3) is 0 Å². The number of benzene rings is 2. The van der Waals surface area contributed by atoms with E-state index >= 15 is 0 Å². The number of halogens is 2. The van der Waals surface area contributed by atoms with E-state index in [9.17, 15) is 14.0 Å². The van der Waals surface area contributed by atoms with Crippen molar-refractivity contribution in [3.05, 3.63) is 64.4 Å². The van der Waals surface area contributed by atoms with Crippen molar-refractivity contribution in [2.24, 2.45) is 0 Å². The van der Waals surface area contributed by atoms with Gasteiger partial charge in [0.15, 0.2) is 6.61 Å². The maximum atomic E-state index is 13.3. The molecule has 1 fully saturated rings. The molecule has 1 atom stereocenters. The van der Waals surface area contributed by atoms with Crippen molar-refractivity contribution < 1.29 is 18.7 Å². The van der Waals surface area contributed by atoms with Gasteiger partial charge in [-0.1, -0.05) is 43.0 Å². The summed E-state index contributed by atoms with van der Waals surface area (Å²) in [6.45, 7) is 3.53. The molecule has 0 aromatic heterocycles. The van der Waals surface area contributed by atoms with Crippen LogP contribution in [0, 0.1) is 12.7 Å². The molecule has 32 heavy (non-hydrogen) atoms. The summed E-state index contributed by atoms with van der Waals surface area (Å²) in [6, 6.07) is 10.6. The average Bonchev–Trinajstić information content (AvgIpc) is 2.79. The summed E-state index contributed by atoms with van der Waals surface area (Å²) in [6.07, 6.45) is 5.32. The van der Waals surface area contributed by atoms with Gasteiger partial charge in [-0.25, -0.2) is 4.39 Å². The second-order valence-corrected chi connectivity index (χ2v) is 8.77. The zero-order valence-corrected chi connectivity index (χ0v) is 19.3. The Kier molecular flexibility index (Phi) is 8.51. The van der Waals surface area contributed by atoms with Gasteiger partial charge in [-0.05, 0) is 68.1 Å². The van der Waals surface area contributed by atoms with Gasteiger partial charge in [0.2, 0.25) is 5.91 Å². The van der Waals surface area contributed by atoms with Crippen molar-refractivity contribution in [1.29, 1.82) is 0 Å². The molecule has 0 spiro atoms. The van der Waals surface area contributed by atoms with Crippen molar-refractivity contribution in [3.63, 3.8) is 0 Å². The quantitative estimate of drug-likeness (QED) is 0.600. The molecule has 2 aromatic rings. The van der Waals surface area contributed by atoms with Crippen LogP contribution in [0.1, 0.15) is 50.2 Å². The molecule has 2 amide bonds. The molecular formula is C25H30ClFN2O3. The van der Waals surface area contributed by atoms with Crippen LogP contribution in [0.5, 0.6) is 5.75 Å². The first-order valence-corrected chi connectivity index (χ1v) is 11.4. The standard InChI is InChI=1S/C25H30ClFN2O3/c1-17-14-22(12-13-23(17)26)32-16-24(30)29(15-19-8-10-20(27)11-9-19)18(2)25(31)28-21-6-4-3-5-7-21/h8-14,18,21H,3-7,15-16H2,1-2H3,(H,28,31)/t18-/m0/s1. The molecule has 0 aliphatic heterocycles. The van der Waals surface area contributed by atoms with E-state index in [1.165, 1.54) is 23.5 Å². The van der Waals surface area contributed by atoms with Crippen LogP contribution in [0.15, 0.2) is 42.5 Å². The van der Waals surface area contributed by atoms with Crippen LogP contribution in [-0.2, 0) is 16.1 Å². The van der Waals surface area contributed by atoms with E-state index < -0.39 is 6.04 Å². The zero-order chi connectivity index (χ0) is 23.1. The van der Waals surface area contributed by atoms with Crippen LogP contribution < -0.4 is 10.1 Å². The first-order valence-electron chi connectivity index (χ1n) is 11.1. The normalized spacial score (nSPS) is 15.1. The van der Waals surface area contributed by atoms with Gasteiger partial charge in [-0.2, -0.15) is 0 Å². The topological polar surface area (TPSA) is 58.6 Å². The van der Waals surface area contributed by atoms with Gasteiger partial charge >= 0.3 is 0 Å². The predicted octanol–water partition coefficient (Wildman–Crippen LogP) is 5.03. The van der Waals surface area contributed by atoms with Crippen molar-refractivity contribution in [1.82, 2.24) is 10.2 Å². The van der Waals surface area contributed by atoms with Crippen molar-refractivity contribution >= 4 is 23.4 Å². The van der Waals surface area contributed by atoms with Crippen molar-refractivity contribution in [2.45, 2.75) is 64.6 Å². The number of nitrogens with one attached hydrogen (secondary N) is 1. The van der Waals surface area contributed by atoms with Gasteiger partial charge in [0.1, 0.15) is 17.6 Å². The summed E-state index contributed by atoms with van der Waals surface area (Å²) in [5.41, 5.74) is 1.58. The fourth-order valence-corrected chi connectivity index (χ4v) is 3.99.